The van der Waals surface area contributed by atoms with E-state index in [1.54, 1.807) is 11.6 Å². The van der Waals surface area contributed by atoms with Gasteiger partial charge in [-0.15, -0.1) is 5.10 Å². The molecule has 1 amide bonds. The summed E-state index contributed by atoms with van der Waals surface area (Å²) < 4.78 is 1.66. The van der Waals surface area contributed by atoms with E-state index in [0.29, 0.717) is 24.4 Å². The summed E-state index contributed by atoms with van der Waals surface area (Å²) in [7, 11) is 0. The van der Waals surface area contributed by atoms with Crippen LogP contribution < -0.4 is 5.32 Å². The van der Waals surface area contributed by atoms with Crippen LogP contribution in [0.4, 0.5) is 0 Å². The Balaban J connectivity index is 2.06. The number of hydrogen-bond donors (Lipinski definition) is 2. The summed E-state index contributed by atoms with van der Waals surface area (Å²) in [4.78, 5) is 12.3. The van der Waals surface area contributed by atoms with E-state index >= 15 is 0 Å². The largest absolute Gasteiger partial charge is 0.393 e. The highest BCUT2D eigenvalue weighted by atomic mass is 16.3. The van der Waals surface area contributed by atoms with E-state index in [9.17, 15) is 9.90 Å². The Morgan fingerprint density at radius 3 is 2.52 bits per heavy atom. The van der Waals surface area contributed by atoms with Gasteiger partial charge in [0.1, 0.15) is 0 Å². The predicted molar refractivity (Wildman–Crippen MR) is 88.6 cm³/mol. The molecule has 23 heavy (non-hydrogen) atoms. The van der Waals surface area contributed by atoms with E-state index in [4.69, 9.17) is 0 Å². The summed E-state index contributed by atoms with van der Waals surface area (Å²) in [6.45, 7) is 8.08. The van der Waals surface area contributed by atoms with Crippen LogP contribution in [0.25, 0.3) is 5.69 Å². The van der Waals surface area contributed by atoms with Crippen molar-refractivity contribution in [1.29, 1.82) is 0 Å². The van der Waals surface area contributed by atoms with Crippen molar-refractivity contribution in [2.75, 3.05) is 6.54 Å². The molecule has 2 rings (SSSR count). The molecule has 0 radical (unpaired) electrons. The standard InChI is InChI=1S/C17H24N4O2/c1-11-5-7-15(8-6-11)21-14(4)16(19-20-21)17(23)18-10-12(2)9-13(3)22/h5-8,12-13,22H,9-10H2,1-4H3,(H,18,23). The fourth-order valence-electron chi connectivity index (χ4n) is 2.49. The van der Waals surface area contributed by atoms with Gasteiger partial charge in [0.05, 0.1) is 17.5 Å². The number of carbonyl (C=O) groups excluding carboxylic acids is 1. The first-order chi connectivity index (χ1) is 10.9. The lowest BCUT2D eigenvalue weighted by Crippen LogP contribution is -2.30. The number of aliphatic hydroxyl groups is 1. The van der Waals surface area contributed by atoms with Crippen molar-refractivity contribution >= 4 is 5.91 Å². The van der Waals surface area contributed by atoms with Gasteiger partial charge in [0.25, 0.3) is 5.91 Å². The van der Waals surface area contributed by atoms with E-state index in [0.717, 1.165) is 11.3 Å². The fraction of sp³-hybridized carbons (Fsp3) is 0.471. The third kappa shape index (κ3) is 4.39. The average Bonchev–Trinajstić information content (AvgIpc) is 2.87. The lowest BCUT2D eigenvalue weighted by molar-refractivity contribution is 0.0933. The van der Waals surface area contributed by atoms with Gasteiger partial charge >= 0.3 is 0 Å². The van der Waals surface area contributed by atoms with Gasteiger partial charge in [-0.2, -0.15) is 0 Å². The lowest BCUT2D eigenvalue weighted by Gasteiger charge is -2.13. The first kappa shape index (κ1) is 17.1. The van der Waals surface area contributed by atoms with Crippen LogP contribution >= 0.6 is 0 Å². The van der Waals surface area contributed by atoms with Crippen LogP contribution in [0.3, 0.4) is 0 Å². The normalized spacial score (nSPS) is 13.6. The summed E-state index contributed by atoms with van der Waals surface area (Å²) in [5.74, 6) is -0.0373. The summed E-state index contributed by atoms with van der Waals surface area (Å²) in [5, 5.41) is 20.3. The molecule has 1 aromatic heterocycles. The number of aliphatic hydroxyl groups excluding tert-OH is 1. The van der Waals surface area contributed by atoms with Crippen LogP contribution in [0.5, 0.6) is 0 Å². The van der Waals surface area contributed by atoms with Gasteiger partial charge in [-0.25, -0.2) is 4.68 Å². The number of aromatic nitrogens is 3. The molecule has 124 valence electrons. The Hall–Kier alpha value is -2.21. The number of nitrogens with one attached hydrogen (secondary N) is 1. The molecular formula is C17H24N4O2. The molecule has 0 aliphatic carbocycles. The van der Waals surface area contributed by atoms with Crippen LogP contribution in [-0.4, -0.2) is 38.7 Å². The van der Waals surface area contributed by atoms with Gasteiger partial charge < -0.3 is 10.4 Å². The number of rotatable bonds is 6. The van der Waals surface area contributed by atoms with Crippen molar-refractivity contribution in [3.05, 3.63) is 41.2 Å². The van der Waals surface area contributed by atoms with Crippen LogP contribution in [-0.2, 0) is 0 Å². The van der Waals surface area contributed by atoms with E-state index in [1.165, 1.54) is 0 Å². The molecule has 1 aromatic carbocycles. The molecule has 2 atom stereocenters. The van der Waals surface area contributed by atoms with Crippen molar-refractivity contribution in [1.82, 2.24) is 20.3 Å². The van der Waals surface area contributed by atoms with Gasteiger partial charge in [-0.05, 0) is 45.2 Å². The second kappa shape index (κ2) is 7.37. The predicted octanol–water partition coefficient (Wildman–Crippen LogP) is 2.02. The Kier molecular flexibility index (Phi) is 5.50. The lowest BCUT2D eigenvalue weighted by atomic mass is 10.0. The van der Waals surface area contributed by atoms with Crippen LogP contribution in [0.1, 0.15) is 42.0 Å². The highest BCUT2D eigenvalue weighted by Crippen LogP contribution is 2.13. The maximum absolute atomic E-state index is 12.3. The maximum Gasteiger partial charge on any atom is 0.273 e. The monoisotopic (exact) mass is 316 g/mol. The third-order valence-corrected chi connectivity index (χ3v) is 3.74. The number of carbonyl (C=O) groups is 1. The molecule has 2 N–H and O–H groups in total. The molecule has 2 aromatic rings. The zero-order chi connectivity index (χ0) is 17.0. The van der Waals surface area contributed by atoms with Crippen molar-refractivity contribution in [2.24, 2.45) is 5.92 Å². The fourth-order valence-corrected chi connectivity index (χ4v) is 2.49. The van der Waals surface area contributed by atoms with Crippen molar-refractivity contribution in [2.45, 2.75) is 40.2 Å². The van der Waals surface area contributed by atoms with Gasteiger partial charge in [0, 0.05) is 6.54 Å². The van der Waals surface area contributed by atoms with E-state index in [2.05, 4.69) is 15.6 Å². The van der Waals surface area contributed by atoms with Gasteiger partial charge in [0.2, 0.25) is 0 Å². The number of hydrogen-bond acceptors (Lipinski definition) is 4. The summed E-state index contributed by atoms with van der Waals surface area (Å²) in [6.07, 6.45) is 0.279. The number of benzene rings is 1. The van der Waals surface area contributed by atoms with Gasteiger partial charge in [0.15, 0.2) is 5.69 Å². The van der Waals surface area contributed by atoms with E-state index in [1.807, 2.05) is 45.0 Å². The summed E-state index contributed by atoms with van der Waals surface area (Å²) in [5.41, 5.74) is 3.07. The molecule has 0 aliphatic heterocycles. The zero-order valence-electron chi connectivity index (χ0n) is 14.1. The molecule has 0 fully saturated rings. The third-order valence-electron chi connectivity index (χ3n) is 3.74. The molecule has 2 unspecified atom stereocenters. The molecule has 0 saturated heterocycles. The minimum absolute atomic E-state index is 0.200. The minimum atomic E-state index is -0.369. The summed E-state index contributed by atoms with van der Waals surface area (Å²) >= 11 is 0. The summed E-state index contributed by atoms with van der Waals surface area (Å²) in [6, 6.07) is 7.88. The highest BCUT2D eigenvalue weighted by molar-refractivity contribution is 5.93. The number of amides is 1. The number of aryl methyl sites for hydroxylation is 1. The zero-order valence-corrected chi connectivity index (χ0v) is 14.1. The molecule has 0 aliphatic rings. The van der Waals surface area contributed by atoms with Gasteiger partial charge in [-0.3, -0.25) is 4.79 Å². The second-order valence-electron chi connectivity index (χ2n) is 6.17. The van der Waals surface area contributed by atoms with Crippen LogP contribution in [0, 0.1) is 19.8 Å². The molecular weight excluding hydrogens is 292 g/mol. The van der Waals surface area contributed by atoms with Gasteiger partial charge in [-0.1, -0.05) is 29.8 Å². The van der Waals surface area contributed by atoms with E-state index in [-0.39, 0.29) is 17.9 Å². The molecule has 6 heteroatoms. The number of nitrogens with zero attached hydrogens (tertiary/aromatic N) is 3. The Bertz CT molecular complexity index is 662. The Morgan fingerprint density at radius 1 is 1.26 bits per heavy atom. The molecule has 0 bridgehead atoms. The molecule has 1 heterocycles. The average molecular weight is 316 g/mol. The van der Waals surface area contributed by atoms with Crippen LogP contribution in [0.2, 0.25) is 0 Å². The minimum Gasteiger partial charge on any atom is -0.393 e. The van der Waals surface area contributed by atoms with E-state index < -0.39 is 0 Å². The Morgan fingerprint density at radius 2 is 1.91 bits per heavy atom. The Labute approximate surface area is 136 Å². The maximum atomic E-state index is 12.3. The second-order valence-corrected chi connectivity index (χ2v) is 6.17. The topological polar surface area (TPSA) is 80.0 Å². The highest BCUT2D eigenvalue weighted by Gasteiger charge is 2.18. The quantitative estimate of drug-likeness (QED) is 0.854. The molecule has 0 spiro atoms. The van der Waals surface area contributed by atoms with Crippen LogP contribution in [0.15, 0.2) is 24.3 Å². The van der Waals surface area contributed by atoms with Crippen molar-refractivity contribution in [3.63, 3.8) is 0 Å². The van der Waals surface area contributed by atoms with Crippen molar-refractivity contribution in [3.8, 4) is 5.69 Å². The smallest absolute Gasteiger partial charge is 0.273 e. The molecule has 6 nitrogen and oxygen atoms in total. The first-order valence-corrected chi connectivity index (χ1v) is 7.84. The SMILES string of the molecule is Cc1ccc(-n2nnc(C(=O)NCC(C)CC(C)O)c2C)cc1. The molecule has 0 saturated carbocycles. The first-order valence-electron chi connectivity index (χ1n) is 7.84. The van der Waals surface area contributed by atoms with Crippen molar-refractivity contribution < 1.29 is 9.90 Å².